The van der Waals surface area contributed by atoms with E-state index in [2.05, 4.69) is 23.0 Å². The lowest BCUT2D eigenvalue weighted by atomic mass is 9.98. The summed E-state index contributed by atoms with van der Waals surface area (Å²) in [6.45, 7) is 1.77. The summed E-state index contributed by atoms with van der Waals surface area (Å²) in [5.74, 6) is -0.533. The lowest BCUT2D eigenvalue weighted by Crippen LogP contribution is -2.38. The predicted molar refractivity (Wildman–Crippen MR) is 186 cm³/mol. The Morgan fingerprint density at radius 3 is 2.20 bits per heavy atom. The van der Waals surface area contributed by atoms with Crippen LogP contribution in [0.4, 0.5) is 0 Å². The number of benzene rings is 4. The molecule has 2 aliphatic heterocycles. The van der Waals surface area contributed by atoms with Crippen molar-refractivity contribution in [3.8, 4) is 11.1 Å². The lowest BCUT2D eigenvalue weighted by Gasteiger charge is -2.38. The van der Waals surface area contributed by atoms with Gasteiger partial charge in [0, 0.05) is 43.4 Å². The molecule has 1 N–H and O–H groups in total. The minimum absolute atomic E-state index is 0.00643. The van der Waals surface area contributed by atoms with Gasteiger partial charge in [0.2, 0.25) is 0 Å². The van der Waals surface area contributed by atoms with E-state index < -0.39 is 6.29 Å². The fraction of sp³-hybridized carbons (Fsp3) is 0.244. The quantitative estimate of drug-likeness (QED) is 0.158. The van der Waals surface area contributed by atoms with E-state index in [9.17, 15) is 14.7 Å². The highest BCUT2D eigenvalue weighted by atomic mass is 16.7. The number of rotatable bonds is 11. The van der Waals surface area contributed by atoms with Crippen LogP contribution in [0.15, 0.2) is 121 Å². The van der Waals surface area contributed by atoms with Crippen LogP contribution in [0.2, 0.25) is 0 Å². The number of nitrogens with zero attached hydrogens (tertiary/aromatic N) is 3. The molecule has 1 saturated heterocycles. The molecule has 4 aromatic carbocycles. The summed E-state index contributed by atoms with van der Waals surface area (Å²) in [4.78, 5) is 34.1. The number of imide groups is 1. The molecule has 0 aliphatic carbocycles. The first-order chi connectivity index (χ1) is 23.9. The Labute approximate surface area is 286 Å². The number of carbonyl (C=O) groups excluding carboxylic acids is 2. The first kappa shape index (κ1) is 32.6. The normalized spacial score (nSPS) is 19.0. The van der Waals surface area contributed by atoms with Crippen LogP contribution in [0, 0.1) is 0 Å². The van der Waals surface area contributed by atoms with E-state index >= 15 is 0 Å². The summed E-state index contributed by atoms with van der Waals surface area (Å²) in [6, 6.07) is 37.0. The number of fused-ring (bicyclic) bond motifs is 1. The molecule has 248 valence electrons. The Hall–Kier alpha value is -4.99. The maximum Gasteiger partial charge on any atom is 0.261 e. The Bertz CT molecular complexity index is 1890. The van der Waals surface area contributed by atoms with Gasteiger partial charge in [-0.05, 0) is 71.3 Å². The molecule has 0 unspecified atom stereocenters. The summed E-state index contributed by atoms with van der Waals surface area (Å²) in [7, 11) is 2.11. The SMILES string of the molecule is CN(CCc1ccccn1)C[C@@H]1C[C@H](c2ccc(CO)cc2)O[C@H](c2cccc(-c3cccc(CN4C(=O)c5ccccc5C4=O)c3)c2)O1. The molecule has 1 aromatic heterocycles. The standard InChI is InChI=1S/C41H39N3O5/c1-43(21-19-34-12-4-5-20-42-34)26-35-24-38(30-17-15-28(27-45)16-18-30)49-41(48-35)33-11-7-10-32(23-33)31-9-6-8-29(22-31)25-44-39(46)36-13-2-3-14-37(36)40(44)47/h2-18,20,22-23,35,38,41,45H,19,21,24-27H2,1H3/t35-,38+,41+/m0/s1. The number of aliphatic hydroxyl groups is 1. The van der Waals surface area contributed by atoms with Crippen LogP contribution in [-0.2, 0) is 29.0 Å². The second-order valence-corrected chi connectivity index (χ2v) is 12.8. The van der Waals surface area contributed by atoms with Crippen molar-refractivity contribution >= 4 is 11.8 Å². The van der Waals surface area contributed by atoms with Crippen molar-refractivity contribution in [2.45, 2.75) is 44.5 Å². The Morgan fingerprint density at radius 1 is 0.776 bits per heavy atom. The lowest BCUT2D eigenvalue weighted by molar-refractivity contribution is -0.252. The fourth-order valence-electron chi connectivity index (χ4n) is 6.60. The minimum Gasteiger partial charge on any atom is -0.392 e. The highest BCUT2D eigenvalue weighted by Crippen LogP contribution is 2.39. The van der Waals surface area contributed by atoms with Gasteiger partial charge in [-0.2, -0.15) is 0 Å². The van der Waals surface area contributed by atoms with Gasteiger partial charge >= 0.3 is 0 Å². The molecule has 0 spiro atoms. The van der Waals surface area contributed by atoms with Crippen molar-refractivity contribution in [1.29, 1.82) is 0 Å². The van der Waals surface area contributed by atoms with Gasteiger partial charge < -0.3 is 19.5 Å². The van der Waals surface area contributed by atoms with Crippen LogP contribution >= 0.6 is 0 Å². The zero-order valence-electron chi connectivity index (χ0n) is 27.4. The largest absolute Gasteiger partial charge is 0.392 e. The fourth-order valence-corrected chi connectivity index (χ4v) is 6.60. The average molecular weight is 654 g/mol. The summed E-state index contributed by atoms with van der Waals surface area (Å²) in [5.41, 5.74) is 7.57. The van der Waals surface area contributed by atoms with Crippen molar-refractivity contribution < 1.29 is 24.2 Å². The van der Waals surface area contributed by atoms with E-state index in [0.29, 0.717) is 17.5 Å². The summed E-state index contributed by atoms with van der Waals surface area (Å²) in [5, 5.41) is 9.58. The van der Waals surface area contributed by atoms with Crippen molar-refractivity contribution in [3.63, 3.8) is 0 Å². The van der Waals surface area contributed by atoms with Crippen molar-refractivity contribution in [2.75, 3.05) is 20.1 Å². The second-order valence-electron chi connectivity index (χ2n) is 12.8. The van der Waals surface area contributed by atoms with E-state index in [0.717, 1.165) is 58.6 Å². The third-order valence-electron chi connectivity index (χ3n) is 9.24. The third kappa shape index (κ3) is 7.38. The first-order valence-electron chi connectivity index (χ1n) is 16.7. The zero-order valence-corrected chi connectivity index (χ0v) is 27.4. The van der Waals surface area contributed by atoms with Crippen LogP contribution in [0.5, 0.6) is 0 Å². The van der Waals surface area contributed by atoms with Gasteiger partial charge in [-0.1, -0.05) is 78.9 Å². The van der Waals surface area contributed by atoms with Crippen LogP contribution in [0.1, 0.15) is 67.5 Å². The summed E-state index contributed by atoms with van der Waals surface area (Å²) in [6.07, 6.45) is 2.51. The number of ether oxygens (including phenoxy) is 2. The number of hydrogen-bond acceptors (Lipinski definition) is 7. The van der Waals surface area contributed by atoms with Crippen LogP contribution in [-0.4, -0.2) is 57.9 Å². The first-order valence-corrected chi connectivity index (χ1v) is 16.7. The maximum atomic E-state index is 13.0. The molecule has 2 aliphatic rings. The van der Waals surface area contributed by atoms with Gasteiger partial charge in [0.1, 0.15) is 0 Å². The molecule has 8 nitrogen and oxygen atoms in total. The van der Waals surface area contributed by atoms with E-state index in [1.165, 1.54) is 4.90 Å². The highest BCUT2D eigenvalue weighted by Gasteiger charge is 2.35. The van der Waals surface area contributed by atoms with E-state index in [1.807, 2.05) is 91.1 Å². The molecule has 1 fully saturated rings. The van der Waals surface area contributed by atoms with Crippen molar-refractivity contribution in [3.05, 3.63) is 161 Å². The number of hydrogen-bond donors (Lipinski definition) is 1. The van der Waals surface area contributed by atoms with Gasteiger partial charge in [-0.15, -0.1) is 0 Å². The molecular weight excluding hydrogens is 614 g/mol. The van der Waals surface area contributed by atoms with Gasteiger partial charge in [0.05, 0.1) is 36.5 Å². The number of pyridine rings is 1. The number of aliphatic hydroxyl groups excluding tert-OH is 1. The van der Waals surface area contributed by atoms with Crippen LogP contribution < -0.4 is 0 Å². The maximum absolute atomic E-state index is 13.0. The molecule has 3 heterocycles. The van der Waals surface area contributed by atoms with Crippen LogP contribution in [0.3, 0.4) is 0 Å². The van der Waals surface area contributed by atoms with E-state index in [1.54, 1.807) is 24.3 Å². The van der Waals surface area contributed by atoms with Gasteiger partial charge in [-0.25, -0.2) is 0 Å². The molecule has 3 atom stereocenters. The van der Waals surface area contributed by atoms with E-state index in [-0.39, 0.29) is 37.2 Å². The number of aromatic nitrogens is 1. The van der Waals surface area contributed by atoms with Crippen molar-refractivity contribution in [2.24, 2.45) is 0 Å². The van der Waals surface area contributed by atoms with Gasteiger partial charge in [0.15, 0.2) is 6.29 Å². The summed E-state index contributed by atoms with van der Waals surface area (Å²) >= 11 is 0. The Morgan fingerprint density at radius 2 is 1.49 bits per heavy atom. The number of carbonyl (C=O) groups is 2. The number of likely N-dealkylation sites (N-methyl/N-ethyl adjacent to an activating group) is 1. The average Bonchev–Trinajstić information content (AvgIpc) is 3.39. The highest BCUT2D eigenvalue weighted by molar-refractivity contribution is 6.21. The zero-order chi connectivity index (χ0) is 33.7. The summed E-state index contributed by atoms with van der Waals surface area (Å²) < 4.78 is 13.3. The molecule has 0 radical (unpaired) electrons. The molecule has 5 aromatic rings. The Kier molecular flexibility index (Phi) is 9.72. The topological polar surface area (TPSA) is 92.2 Å². The molecule has 7 rings (SSSR count). The third-order valence-corrected chi connectivity index (χ3v) is 9.24. The van der Waals surface area contributed by atoms with E-state index in [4.69, 9.17) is 9.47 Å². The number of amides is 2. The molecule has 0 saturated carbocycles. The monoisotopic (exact) mass is 653 g/mol. The Balaban J connectivity index is 1.09. The molecule has 2 amide bonds. The molecular formula is C41H39N3O5. The molecule has 49 heavy (non-hydrogen) atoms. The van der Waals surface area contributed by atoms with Gasteiger partial charge in [0.25, 0.3) is 11.8 Å². The molecule has 8 heteroatoms. The van der Waals surface area contributed by atoms with Gasteiger partial charge in [-0.3, -0.25) is 19.5 Å². The minimum atomic E-state index is -0.591. The predicted octanol–water partition coefficient (Wildman–Crippen LogP) is 6.76. The van der Waals surface area contributed by atoms with Crippen LogP contribution in [0.25, 0.3) is 11.1 Å². The smallest absolute Gasteiger partial charge is 0.261 e. The second kappa shape index (κ2) is 14.6. The molecule has 0 bridgehead atoms. The van der Waals surface area contributed by atoms with Crippen molar-refractivity contribution in [1.82, 2.24) is 14.8 Å².